The van der Waals surface area contributed by atoms with Crippen LogP contribution in [0.15, 0.2) is 72.3 Å². The molecule has 3 rings (SSSR count). The van der Waals surface area contributed by atoms with Gasteiger partial charge in [-0.1, -0.05) is 48.5 Å². The van der Waals surface area contributed by atoms with Crippen molar-refractivity contribution in [1.82, 2.24) is 5.32 Å². The van der Waals surface area contributed by atoms with Gasteiger partial charge in [-0.3, -0.25) is 4.79 Å². The van der Waals surface area contributed by atoms with Crippen LogP contribution < -0.4 is 10.1 Å². The van der Waals surface area contributed by atoms with Gasteiger partial charge in [-0.25, -0.2) is 0 Å². The number of rotatable bonds is 5. The van der Waals surface area contributed by atoms with Gasteiger partial charge in [-0.2, -0.15) is 5.26 Å². The van der Waals surface area contributed by atoms with Crippen LogP contribution in [-0.4, -0.2) is 13.0 Å². The minimum absolute atomic E-state index is 0.0747. The average molecular weight is 356 g/mol. The molecule has 0 radical (unpaired) electrons. The van der Waals surface area contributed by atoms with Gasteiger partial charge in [0.15, 0.2) is 0 Å². The Hall–Kier alpha value is -3.58. The number of hydrogen-bond acceptors (Lipinski definition) is 3. The highest BCUT2D eigenvalue weighted by atomic mass is 16.5. The molecule has 0 heterocycles. The van der Waals surface area contributed by atoms with Gasteiger partial charge in [0.25, 0.3) is 5.91 Å². The summed E-state index contributed by atoms with van der Waals surface area (Å²) in [7, 11) is 1.63. The molecule has 4 heteroatoms. The van der Waals surface area contributed by atoms with Gasteiger partial charge in [0.2, 0.25) is 0 Å². The van der Waals surface area contributed by atoms with Gasteiger partial charge in [0.1, 0.15) is 17.4 Å². The van der Waals surface area contributed by atoms with Crippen molar-refractivity contribution in [2.24, 2.45) is 0 Å². The summed E-state index contributed by atoms with van der Waals surface area (Å²) in [6.07, 6.45) is 1.61. The molecule has 1 amide bonds. The third-order valence-electron chi connectivity index (χ3n) is 4.39. The zero-order valence-corrected chi connectivity index (χ0v) is 15.3. The third kappa shape index (κ3) is 4.34. The van der Waals surface area contributed by atoms with Gasteiger partial charge in [0, 0.05) is 0 Å². The number of carbonyl (C=O) groups excluding carboxylic acids is 1. The first-order valence-electron chi connectivity index (χ1n) is 8.66. The fourth-order valence-electron chi connectivity index (χ4n) is 2.87. The Morgan fingerprint density at radius 1 is 1.07 bits per heavy atom. The highest BCUT2D eigenvalue weighted by molar-refractivity contribution is 6.02. The summed E-state index contributed by atoms with van der Waals surface area (Å²) >= 11 is 0. The summed E-state index contributed by atoms with van der Waals surface area (Å²) in [5, 5.41) is 14.3. The van der Waals surface area contributed by atoms with Gasteiger partial charge >= 0.3 is 0 Å². The second-order valence-electron chi connectivity index (χ2n) is 6.25. The molecule has 0 saturated carbocycles. The molecule has 27 heavy (non-hydrogen) atoms. The summed E-state index contributed by atoms with van der Waals surface area (Å²) in [5.41, 5.74) is 1.86. The molecule has 0 aromatic heterocycles. The van der Waals surface area contributed by atoms with Crippen molar-refractivity contribution in [3.8, 4) is 11.8 Å². The number of amides is 1. The largest absolute Gasteiger partial charge is 0.497 e. The lowest BCUT2D eigenvalue weighted by Gasteiger charge is -2.13. The maximum atomic E-state index is 12.5. The molecule has 1 unspecified atom stereocenters. The van der Waals surface area contributed by atoms with Crippen molar-refractivity contribution in [3.05, 3.63) is 83.4 Å². The SMILES string of the molecule is COc1ccc2cc(/C=C(/C#N)C(=O)NC(C)c3ccccc3)ccc2c1. The number of nitrogens with zero attached hydrogens (tertiary/aromatic N) is 1. The molecule has 1 atom stereocenters. The van der Waals surface area contributed by atoms with E-state index in [-0.39, 0.29) is 17.5 Å². The van der Waals surface area contributed by atoms with Crippen LogP contribution in [0.25, 0.3) is 16.8 Å². The number of nitriles is 1. The normalized spacial score (nSPS) is 12.3. The van der Waals surface area contributed by atoms with E-state index in [1.54, 1.807) is 13.2 Å². The Morgan fingerprint density at radius 3 is 2.48 bits per heavy atom. The molecule has 0 bridgehead atoms. The molecule has 3 aromatic rings. The predicted molar refractivity (Wildman–Crippen MR) is 107 cm³/mol. The zero-order chi connectivity index (χ0) is 19.2. The van der Waals surface area contributed by atoms with Crippen LogP contribution in [0.3, 0.4) is 0 Å². The second kappa shape index (κ2) is 8.20. The van der Waals surface area contributed by atoms with Crippen molar-refractivity contribution in [1.29, 1.82) is 5.26 Å². The fraction of sp³-hybridized carbons (Fsp3) is 0.130. The molecule has 0 saturated heterocycles. The molecule has 3 aromatic carbocycles. The second-order valence-corrected chi connectivity index (χ2v) is 6.25. The number of hydrogen-bond donors (Lipinski definition) is 1. The number of nitrogens with one attached hydrogen (secondary N) is 1. The molecule has 4 nitrogen and oxygen atoms in total. The molecular formula is C23H20N2O2. The Labute approximate surface area is 158 Å². The van der Waals surface area contributed by atoms with Crippen LogP contribution in [0.5, 0.6) is 5.75 Å². The molecule has 0 fully saturated rings. The monoisotopic (exact) mass is 356 g/mol. The number of benzene rings is 3. The van der Waals surface area contributed by atoms with E-state index in [1.807, 2.05) is 79.7 Å². The van der Waals surface area contributed by atoms with Crippen LogP contribution in [0, 0.1) is 11.3 Å². The minimum atomic E-state index is -0.385. The van der Waals surface area contributed by atoms with Gasteiger partial charge in [-0.05, 0) is 53.1 Å². The van der Waals surface area contributed by atoms with Crippen LogP contribution in [0.4, 0.5) is 0 Å². The maximum Gasteiger partial charge on any atom is 0.262 e. The summed E-state index contributed by atoms with van der Waals surface area (Å²) in [5.74, 6) is 0.404. The first-order valence-corrected chi connectivity index (χ1v) is 8.66. The first kappa shape index (κ1) is 18.2. The zero-order valence-electron chi connectivity index (χ0n) is 15.3. The molecule has 0 aliphatic rings. The summed E-state index contributed by atoms with van der Waals surface area (Å²) in [6.45, 7) is 1.89. The average Bonchev–Trinajstić information content (AvgIpc) is 2.71. The smallest absolute Gasteiger partial charge is 0.262 e. The Morgan fingerprint density at radius 2 is 1.78 bits per heavy atom. The topological polar surface area (TPSA) is 62.1 Å². The summed E-state index contributed by atoms with van der Waals surface area (Å²) in [6, 6.07) is 23.0. The van der Waals surface area contributed by atoms with E-state index in [0.717, 1.165) is 27.6 Å². The van der Waals surface area contributed by atoms with Crippen molar-refractivity contribution in [2.45, 2.75) is 13.0 Å². The standard InChI is InChI=1S/C23H20N2O2/c1-16(18-6-4-3-5-7-18)25-23(26)21(15-24)13-17-8-9-20-14-22(27-2)11-10-19(20)12-17/h3-14,16H,1-2H3,(H,25,26)/b21-13-. The number of methoxy groups -OCH3 is 1. The van der Waals surface area contributed by atoms with E-state index in [2.05, 4.69) is 5.32 Å². The van der Waals surface area contributed by atoms with Crippen LogP contribution in [-0.2, 0) is 4.79 Å². The molecule has 0 aliphatic heterocycles. The predicted octanol–water partition coefficient (Wildman–Crippen LogP) is 4.63. The van der Waals surface area contributed by atoms with Gasteiger partial charge in [0.05, 0.1) is 13.2 Å². The molecule has 134 valence electrons. The maximum absolute atomic E-state index is 12.5. The number of fused-ring (bicyclic) bond motifs is 1. The summed E-state index contributed by atoms with van der Waals surface area (Å²) in [4.78, 5) is 12.5. The third-order valence-corrected chi connectivity index (χ3v) is 4.39. The highest BCUT2D eigenvalue weighted by Crippen LogP contribution is 2.23. The van der Waals surface area contributed by atoms with E-state index in [4.69, 9.17) is 4.74 Å². The highest BCUT2D eigenvalue weighted by Gasteiger charge is 2.13. The minimum Gasteiger partial charge on any atom is -0.497 e. The fourth-order valence-corrected chi connectivity index (χ4v) is 2.87. The van der Waals surface area contributed by atoms with E-state index in [0.29, 0.717) is 0 Å². The molecule has 0 spiro atoms. The Balaban J connectivity index is 1.82. The van der Waals surface area contributed by atoms with Crippen LogP contribution in [0.2, 0.25) is 0 Å². The van der Waals surface area contributed by atoms with Crippen molar-refractivity contribution < 1.29 is 9.53 Å². The van der Waals surface area contributed by atoms with E-state index < -0.39 is 0 Å². The van der Waals surface area contributed by atoms with Crippen LogP contribution in [0.1, 0.15) is 24.1 Å². The quantitative estimate of drug-likeness (QED) is 0.535. The molecule has 1 N–H and O–H groups in total. The Kier molecular flexibility index (Phi) is 5.53. The van der Waals surface area contributed by atoms with Gasteiger partial charge in [-0.15, -0.1) is 0 Å². The molecular weight excluding hydrogens is 336 g/mol. The lowest BCUT2D eigenvalue weighted by atomic mass is 10.0. The summed E-state index contributed by atoms with van der Waals surface area (Å²) < 4.78 is 5.23. The van der Waals surface area contributed by atoms with Crippen molar-refractivity contribution in [3.63, 3.8) is 0 Å². The number of carbonyl (C=O) groups is 1. The van der Waals surface area contributed by atoms with Crippen molar-refractivity contribution in [2.75, 3.05) is 7.11 Å². The Bertz CT molecular complexity index is 1030. The van der Waals surface area contributed by atoms with Crippen molar-refractivity contribution >= 4 is 22.8 Å². The van der Waals surface area contributed by atoms with E-state index in [9.17, 15) is 10.1 Å². The van der Waals surface area contributed by atoms with E-state index >= 15 is 0 Å². The van der Waals surface area contributed by atoms with Gasteiger partial charge < -0.3 is 10.1 Å². The lowest BCUT2D eigenvalue weighted by Crippen LogP contribution is -2.27. The molecule has 0 aliphatic carbocycles. The number of ether oxygens (including phenoxy) is 1. The van der Waals surface area contributed by atoms with Crippen LogP contribution >= 0.6 is 0 Å². The lowest BCUT2D eigenvalue weighted by molar-refractivity contribution is -0.117. The first-order chi connectivity index (χ1) is 13.1. The van der Waals surface area contributed by atoms with E-state index in [1.165, 1.54) is 0 Å².